The molecular weight excluding hydrogens is 276 g/mol. The van der Waals surface area contributed by atoms with E-state index in [0.717, 1.165) is 35.5 Å². The molecule has 1 aromatic carbocycles. The molecule has 4 heteroatoms. The van der Waals surface area contributed by atoms with Gasteiger partial charge in [-0.3, -0.25) is 9.79 Å². The maximum Gasteiger partial charge on any atom is 0.223 e. The lowest BCUT2D eigenvalue weighted by Gasteiger charge is -2.24. The second-order valence-electron chi connectivity index (χ2n) is 5.39. The lowest BCUT2D eigenvalue weighted by Crippen LogP contribution is -2.28. The Morgan fingerprint density at radius 3 is 3.00 bits per heavy atom. The highest BCUT2D eigenvalue weighted by atomic mass is 16.5. The van der Waals surface area contributed by atoms with Gasteiger partial charge in [0.1, 0.15) is 5.75 Å². The van der Waals surface area contributed by atoms with E-state index in [9.17, 15) is 4.79 Å². The fourth-order valence-electron chi connectivity index (χ4n) is 2.86. The highest BCUT2D eigenvalue weighted by molar-refractivity contribution is 5.92. The Hall–Kier alpha value is -2.36. The number of rotatable bonds is 3. The van der Waals surface area contributed by atoms with E-state index < -0.39 is 0 Å². The second kappa shape index (κ2) is 6.18. The Morgan fingerprint density at radius 2 is 2.32 bits per heavy atom. The summed E-state index contributed by atoms with van der Waals surface area (Å²) in [7, 11) is 0. The van der Waals surface area contributed by atoms with Gasteiger partial charge in [-0.2, -0.15) is 0 Å². The van der Waals surface area contributed by atoms with Crippen molar-refractivity contribution in [1.82, 2.24) is 0 Å². The minimum absolute atomic E-state index is 0.0489. The summed E-state index contributed by atoms with van der Waals surface area (Å²) in [5.41, 5.74) is 4.20. The predicted octanol–water partition coefficient (Wildman–Crippen LogP) is 3.58. The fourth-order valence-corrected chi connectivity index (χ4v) is 2.86. The number of hydrogen-bond donors (Lipinski definition) is 0. The van der Waals surface area contributed by atoms with Crippen molar-refractivity contribution in [2.75, 3.05) is 18.1 Å². The van der Waals surface area contributed by atoms with Crippen LogP contribution in [0.4, 0.5) is 5.69 Å². The second-order valence-corrected chi connectivity index (χ2v) is 5.39. The SMILES string of the molecule is CCN(C(C)=O)c1ccc2c(c1)/C(=C/C1=CCC=N1)CCO2. The minimum atomic E-state index is 0.0489. The van der Waals surface area contributed by atoms with Gasteiger partial charge in [-0.25, -0.2) is 0 Å². The Balaban J connectivity index is 2.01. The maximum atomic E-state index is 11.8. The molecule has 0 aromatic heterocycles. The summed E-state index contributed by atoms with van der Waals surface area (Å²) in [6.45, 7) is 4.91. The third kappa shape index (κ3) is 2.82. The van der Waals surface area contributed by atoms with Gasteiger partial charge < -0.3 is 9.64 Å². The van der Waals surface area contributed by atoms with E-state index in [1.54, 1.807) is 11.8 Å². The van der Waals surface area contributed by atoms with E-state index in [1.165, 1.54) is 5.57 Å². The van der Waals surface area contributed by atoms with Crippen LogP contribution in [0.1, 0.15) is 32.3 Å². The van der Waals surface area contributed by atoms with Crippen LogP contribution in [0.5, 0.6) is 5.75 Å². The van der Waals surface area contributed by atoms with Crippen LogP contribution >= 0.6 is 0 Å². The highest BCUT2D eigenvalue weighted by Gasteiger charge is 2.19. The van der Waals surface area contributed by atoms with Crippen molar-refractivity contribution in [1.29, 1.82) is 0 Å². The number of carbonyl (C=O) groups is 1. The summed E-state index contributed by atoms with van der Waals surface area (Å²) in [6, 6.07) is 5.94. The van der Waals surface area contributed by atoms with Gasteiger partial charge in [-0.05, 0) is 36.8 Å². The van der Waals surface area contributed by atoms with Gasteiger partial charge in [-0.15, -0.1) is 0 Å². The third-order valence-corrected chi connectivity index (χ3v) is 3.94. The van der Waals surface area contributed by atoms with Crippen LogP contribution in [-0.4, -0.2) is 25.3 Å². The Kier molecular flexibility index (Phi) is 4.09. The molecule has 1 aromatic rings. The zero-order chi connectivity index (χ0) is 15.5. The molecule has 4 nitrogen and oxygen atoms in total. The first-order valence-electron chi connectivity index (χ1n) is 7.67. The number of ether oxygens (including phenoxy) is 1. The van der Waals surface area contributed by atoms with Crippen LogP contribution in [0.2, 0.25) is 0 Å². The number of benzene rings is 1. The molecule has 3 rings (SSSR count). The molecule has 0 spiro atoms. The summed E-state index contributed by atoms with van der Waals surface area (Å²) in [4.78, 5) is 17.9. The zero-order valence-electron chi connectivity index (χ0n) is 13.0. The van der Waals surface area contributed by atoms with E-state index in [1.807, 2.05) is 31.3 Å². The molecule has 0 atom stereocenters. The predicted molar refractivity (Wildman–Crippen MR) is 89.4 cm³/mol. The van der Waals surface area contributed by atoms with Crippen molar-refractivity contribution in [3.05, 3.63) is 41.6 Å². The molecule has 0 N–H and O–H groups in total. The van der Waals surface area contributed by atoms with Crippen molar-refractivity contribution in [2.45, 2.75) is 26.7 Å². The summed E-state index contributed by atoms with van der Waals surface area (Å²) in [5.74, 6) is 0.927. The van der Waals surface area contributed by atoms with Crippen LogP contribution < -0.4 is 9.64 Å². The van der Waals surface area contributed by atoms with Crippen LogP contribution in [-0.2, 0) is 4.79 Å². The number of hydrogen-bond acceptors (Lipinski definition) is 3. The smallest absolute Gasteiger partial charge is 0.223 e. The third-order valence-electron chi connectivity index (χ3n) is 3.94. The van der Waals surface area contributed by atoms with Crippen LogP contribution in [0.25, 0.3) is 5.57 Å². The number of allylic oxidation sites excluding steroid dienone is 2. The molecule has 0 unspecified atom stereocenters. The topological polar surface area (TPSA) is 41.9 Å². The average molecular weight is 296 g/mol. The van der Waals surface area contributed by atoms with Crippen LogP contribution in [0, 0.1) is 0 Å². The van der Waals surface area contributed by atoms with Crippen molar-refractivity contribution >= 4 is 23.4 Å². The standard InChI is InChI=1S/C18H20N2O2/c1-3-20(13(2)21)16-6-7-18-17(12-16)14(8-10-22-18)11-15-5-4-9-19-15/h5-7,9,11-12H,3-4,8,10H2,1-2H3/b14-11+. The molecule has 0 aliphatic carbocycles. The lowest BCUT2D eigenvalue weighted by molar-refractivity contribution is -0.116. The molecule has 0 saturated heterocycles. The number of amides is 1. The van der Waals surface area contributed by atoms with Gasteiger partial charge in [0.15, 0.2) is 0 Å². The first-order valence-corrected chi connectivity index (χ1v) is 7.67. The first-order chi connectivity index (χ1) is 10.7. The number of carbonyl (C=O) groups excluding carboxylic acids is 1. The largest absolute Gasteiger partial charge is 0.493 e. The molecule has 0 saturated carbocycles. The zero-order valence-corrected chi connectivity index (χ0v) is 13.0. The van der Waals surface area contributed by atoms with E-state index >= 15 is 0 Å². The summed E-state index contributed by atoms with van der Waals surface area (Å²) < 4.78 is 5.74. The number of fused-ring (bicyclic) bond motifs is 1. The van der Waals surface area contributed by atoms with E-state index in [2.05, 4.69) is 17.1 Å². The van der Waals surface area contributed by atoms with Gasteiger partial charge in [0.2, 0.25) is 5.91 Å². The summed E-state index contributed by atoms with van der Waals surface area (Å²) in [6.07, 6.45) is 7.90. The quantitative estimate of drug-likeness (QED) is 0.855. The molecule has 0 radical (unpaired) electrons. The van der Waals surface area contributed by atoms with E-state index in [0.29, 0.717) is 13.2 Å². The van der Waals surface area contributed by atoms with Crippen molar-refractivity contribution < 1.29 is 9.53 Å². The molecular formula is C18H20N2O2. The van der Waals surface area contributed by atoms with Crippen molar-refractivity contribution in [2.24, 2.45) is 4.99 Å². The maximum absolute atomic E-state index is 11.8. The van der Waals surface area contributed by atoms with E-state index in [-0.39, 0.29) is 5.91 Å². The molecule has 2 heterocycles. The van der Waals surface area contributed by atoms with Crippen LogP contribution in [0.15, 0.2) is 41.0 Å². The van der Waals surface area contributed by atoms with Crippen LogP contribution in [0.3, 0.4) is 0 Å². The molecule has 114 valence electrons. The normalized spacial score (nSPS) is 17.9. The van der Waals surface area contributed by atoms with Crippen molar-refractivity contribution in [3.63, 3.8) is 0 Å². The fraction of sp³-hybridized carbons (Fsp3) is 0.333. The number of anilines is 1. The number of aliphatic imine (C=N–C) groups is 1. The Labute approximate surface area is 130 Å². The molecule has 22 heavy (non-hydrogen) atoms. The summed E-state index contributed by atoms with van der Waals surface area (Å²) in [5, 5.41) is 0. The first kappa shape index (κ1) is 14.6. The molecule has 2 aliphatic rings. The van der Waals surface area contributed by atoms with Gasteiger partial charge >= 0.3 is 0 Å². The molecule has 0 fully saturated rings. The summed E-state index contributed by atoms with van der Waals surface area (Å²) >= 11 is 0. The number of nitrogens with zero attached hydrogens (tertiary/aromatic N) is 2. The highest BCUT2D eigenvalue weighted by Crippen LogP contribution is 2.36. The Bertz CT molecular complexity index is 686. The van der Waals surface area contributed by atoms with E-state index in [4.69, 9.17) is 4.74 Å². The van der Waals surface area contributed by atoms with Crippen molar-refractivity contribution in [3.8, 4) is 5.75 Å². The van der Waals surface area contributed by atoms with Gasteiger partial charge in [0.05, 0.1) is 12.3 Å². The Morgan fingerprint density at radius 1 is 1.45 bits per heavy atom. The van der Waals surface area contributed by atoms with Gasteiger partial charge in [-0.1, -0.05) is 6.08 Å². The lowest BCUT2D eigenvalue weighted by atomic mass is 9.97. The monoisotopic (exact) mass is 296 g/mol. The van der Waals surface area contributed by atoms with Gasteiger partial charge in [0, 0.05) is 43.8 Å². The molecule has 2 aliphatic heterocycles. The molecule has 0 bridgehead atoms. The van der Waals surface area contributed by atoms with Gasteiger partial charge in [0.25, 0.3) is 0 Å². The average Bonchev–Trinajstić information content (AvgIpc) is 3.01. The minimum Gasteiger partial charge on any atom is -0.493 e. The molecule has 1 amide bonds.